The van der Waals surface area contributed by atoms with E-state index in [9.17, 15) is 4.39 Å². The van der Waals surface area contributed by atoms with Crippen molar-refractivity contribution in [1.29, 1.82) is 0 Å². The van der Waals surface area contributed by atoms with Crippen LogP contribution in [-0.2, 0) is 6.61 Å². The maximum Gasteiger partial charge on any atom is 0.228 e. The van der Waals surface area contributed by atoms with Crippen LogP contribution in [0, 0.1) is 0 Å². The highest BCUT2D eigenvalue weighted by molar-refractivity contribution is 5.32. The van der Waals surface area contributed by atoms with Crippen LogP contribution in [0.1, 0.15) is 5.56 Å². The molecule has 1 N–H and O–H groups in total. The summed E-state index contributed by atoms with van der Waals surface area (Å²) in [4.78, 5) is 0. The molecule has 0 aliphatic rings. The number of ether oxygens (including phenoxy) is 1. The number of aliphatic hydroxyl groups is 1. The molecular weight excluding hydrogens is 147 g/mol. The van der Waals surface area contributed by atoms with Gasteiger partial charge < -0.3 is 9.84 Å². The van der Waals surface area contributed by atoms with Crippen LogP contribution in [0.4, 0.5) is 4.39 Å². The second-order valence-corrected chi connectivity index (χ2v) is 2.02. The monoisotopic (exact) mass is 156 g/mol. The van der Waals surface area contributed by atoms with Crippen LogP contribution in [0.15, 0.2) is 24.3 Å². The number of benzene rings is 1. The fraction of sp³-hybridized carbons (Fsp3) is 0.250. The summed E-state index contributed by atoms with van der Waals surface area (Å²) >= 11 is 0. The van der Waals surface area contributed by atoms with Gasteiger partial charge in [-0.3, -0.25) is 0 Å². The average Bonchev–Trinajstić information content (AvgIpc) is 2.06. The standard InChI is InChI=1S/C8H9FO2/c9-6-11-8-4-2-1-3-7(8)5-10/h1-4,10H,5-6H2. The Morgan fingerprint density at radius 2 is 2.09 bits per heavy atom. The zero-order valence-electron chi connectivity index (χ0n) is 5.96. The highest BCUT2D eigenvalue weighted by Gasteiger charge is 1.99. The summed E-state index contributed by atoms with van der Waals surface area (Å²) < 4.78 is 16.3. The van der Waals surface area contributed by atoms with Crippen LogP contribution in [0.2, 0.25) is 0 Å². The Bertz CT molecular complexity index is 225. The van der Waals surface area contributed by atoms with Gasteiger partial charge in [0.1, 0.15) is 5.75 Å². The van der Waals surface area contributed by atoms with Gasteiger partial charge in [0.2, 0.25) is 6.86 Å². The van der Waals surface area contributed by atoms with Crippen molar-refractivity contribution >= 4 is 0 Å². The van der Waals surface area contributed by atoms with Crippen molar-refractivity contribution in [2.45, 2.75) is 6.61 Å². The van der Waals surface area contributed by atoms with Crippen LogP contribution in [-0.4, -0.2) is 12.0 Å². The molecule has 0 bridgehead atoms. The molecule has 0 unspecified atom stereocenters. The molecule has 0 heterocycles. The number of para-hydroxylation sites is 1. The normalized spacial score (nSPS) is 9.64. The summed E-state index contributed by atoms with van der Waals surface area (Å²) in [5.74, 6) is 0.400. The summed E-state index contributed by atoms with van der Waals surface area (Å²) in [6.07, 6.45) is 0. The molecule has 1 aromatic rings. The first-order chi connectivity index (χ1) is 5.38. The van der Waals surface area contributed by atoms with E-state index >= 15 is 0 Å². The Kier molecular flexibility index (Phi) is 2.86. The first-order valence-electron chi connectivity index (χ1n) is 3.26. The second kappa shape index (κ2) is 3.93. The SMILES string of the molecule is OCc1ccccc1OCF. The summed E-state index contributed by atoms with van der Waals surface area (Å²) in [7, 11) is 0. The van der Waals surface area contributed by atoms with Crippen molar-refractivity contribution in [3.8, 4) is 5.75 Å². The number of hydrogen-bond donors (Lipinski definition) is 1. The first-order valence-corrected chi connectivity index (χ1v) is 3.26. The van der Waals surface area contributed by atoms with E-state index in [-0.39, 0.29) is 6.61 Å². The molecule has 0 aliphatic heterocycles. The van der Waals surface area contributed by atoms with Crippen molar-refractivity contribution in [3.63, 3.8) is 0 Å². The topological polar surface area (TPSA) is 29.5 Å². The number of halogens is 1. The molecule has 0 spiro atoms. The fourth-order valence-corrected chi connectivity index (χ4v) is 0.834. The molecule has 0 aromatic heterocycles. The molecule has 0 amide bonds. The Morgan fingerprint density at radius 3 is 2.73 bits per heavy atom. The molecule has 1 rings (SSSR count). The first kappa shape index (κ1) is 8.01. The zero-order valence-corrected chi connectivity index (χ0v) is 5.96. The van der Waals surface area contributed by atoms with Gasteiger partial charge >= 0.3 is 0 Å². The zero-order chi connectivity index (χ0) is 8.10. The van der Waals surface area contributed by atoms with E-state index in [1.165, 1.54) is 0 Å². The quantitative estimate of drug-likeness (QED) is 0.718. The predicted octanol–water partition coefficient (Wildman–Crippen LogP) is 1.48. The smallest absolute Gasteiger partial charge is 0.228 e. The van der Waals surface area contributed by atoms with Crippen LogP contribution in [0.5, 0.6) is 5.75 Å². The Morgan fingerprint density at radius 1 is 1.36 bits per heavy atom. The molecule has 0 fully saturated rings. The average molecular weight is 156 g/mol. The van der Waals surface area contributed by atoms with Crippen LogP contribution in [0.3, 0.4) is 0 Å². The second-order valence-electron chi connectivity index (χ2n) is 2.02. The molecule has 0 aliphatic carbocycles. The summed E-state index contributed by atoms with van der Waals surface area (Å²) in [5.41, 5.74) is 0.602. The molecule has 60 valence electrons. The van der Waals surface area contributed by atoms with Crippen molar-refractivity contribution in [3.05, 3.63) is 29.8 Å². The lowest BCUT2D eigenvalue weighted by Crippen LogP contribution is -1.94. The molecular formula is C8H9FO2. The third-order valence-corrected chi connectivity index (χ3v) is 1.35. The van der Waals surface area contributed by atoms with Crippen molar-refractivity contribution < 1.29 is 14.2 Å². The van der Waals surface area contributed by atoms with Gasteiger partial charge in [0.25, 0.3) is 0 Å². The molecule has 1 aromatic carbocycles. The van der Waals surface area contributed by atoms with Gasteiger partial charge in [0, 0.05) is 5.56 Å². The van der Waals surface area contributed by atoms with Gasteiger partial charge in [-0.05, 0) is 6.07 Å². The highest BCUT2D eigenvalue weighted by atomic mass is 19.1. The van der Waals surface area contributed by atoms with Crippen LogP contribution in [0.25, 0.3) is 0 Å². The minimum Gasteiger partial charge on any atom is -0.463 e. The maximum atomic E-state index is 11.7. The molecule has 0 radical (unpaired) electrons. The van der Waals surface area contributed by atoms with Gasteiger partial charge in [0.05, 0.1) is 6.61 Å². The van der Waals surface area contributed by atoms with E-state index in [0.29, 0.717) is 11.3 Å². The number of hydrogen-bond acceptors (Lipinski definition) is 2. The van der Waals surface area contributed by atoms with E-state index < -0.39 is 6.86 Å². The summed E-state index contributed by atoms with van der Waals surface area (Å²) in [5, 5.41) is 8.74. The predicted molar refractivity (Wildman–Crippen MR) is 39.0 cm³/mol. The van der Waals surface area contributed by atoms with E-state index in [0.717, 1.165) is 0 Å². The fourth-order valence-electron chi connectivity index (χ4n) is 0.834. The lowest BCUT2D eigenvalue weighted by Gasteiger charge is -2.04. The molecule has 0 saturated heterocycles. The Labute approximate surface area is 64.2 Å². The van der Waals surface area contributed by atoms with E-state index in [4.69, 9.17) is 5.11 Å². The van der Waals surface area contributed by atoms with Gasteiger partial charge in [-0.15, -0.1) is 0 Å². The Balaban J connectivity index is 2.83. The number of rotatable bonds is 3. The number of alkyl halides is 1. The van der Waals surface area contributed by atoms with Crippen molar-refractivity contribution in [2.75, 3.05) is 6.86 Å². The van der Waals surface area contributed by atoms with Crippen LogP contribution < -0.4 is 4.74 Å². The molecule has 11 heavy (non-hydrogen) atoms. The minimum absolute atomic E-state index is 0.129. The number of aliphatic hydroxyl groups excluding tert-OH is 1. The highest BCUT2D eigenvalue weighted by Crippen LogP contribution is 2.17. The van der Waals surface area contributed by atoms with Crippen LogP contribution >= 0.6 is 0 Å². The Hall–Kier alpha value is -1.09. The third-order valence-electron chi connectivity index (χ3n) is 1.35. The molecule has 3 heteroatoms. The maximum absolute atomic E-state index is 11.7. The van der Waals surface area contributed by atoms with E-state index in [1.807, 2.05) is 0 Å². The largest absolute Gasteiger partial charge is 0.463 e. The third kappa shape index (κ3) is 1.91. The van der Waals surface area contributed by atoms with Gasteiger partial charge in [-0.1, -0.05) is 18.2 Å². The minimum atomic E-state index is -0.864. The summed E-state index contributed by atoms with van der Waals surface area (Å²) in [6, 6.07) is 6.79. The van der Waals surface area contributed by atoms with Crippen molar-refractivity contribution in [1.82, 2.24) is 0 Å². The van der Waals surface area contributed by atoms with Gasteiger partial charge in [-0.2, -0.15) is 0 Å². The molecule has 0 saturated carbocycles. The van der Waals surface area contributed by atoms with Gasteiger partial charge in [-0.25, -0.2) is 4.39 Å². The van der Waals surface area contributed by atoms with Gasteiger partial charge in [0.15, 0.2) is 0 Å². The van der Waals surface area contributed by atoms with E-state index in [1.54, 1.807) is 24.3 Å². The van der Waals surface area contributed by atoms with Crippen molar-refractivity contribution in [2.24, 2.45) is 0 Å². The lowest BCUT2D eigenvalue weighted by molar-refractivity contribution is 0.184. The van der Waals surface area contributed by atoms with E-state index in [2.05, 4.69) is 4.74 Å². The summed E-state index contributed by atoms with van der Waals surface area (Å²) in [6.45, 7) is -0.993. The molecule has 2 nitrogen and oxygen atoms in total. The lowest BCUT2D eigenvalue weighted by atomic mass is 10.2. The molecule has 0 atom stereocenters.